The second-order valence-corrected chi connectivity index (χ2v) is 8.82. The SMILES string of the molecule is CC(C)NC(=O)N(c1cccc(-c2sc(C(=O)O)c(OCC(=O)O)c2Br)c1)C(C)C. The number of hydrogen-bond donors (Lipinski definition) is 3. The maximum atomic E-state index is 12.7. The number of nitrogens with one attached hydrogen (secondary N) is 1. The lowest BCUT2D eigenvalue weighted by Gasteiger charge is -2.28. The minimum absolute atomic E-state index is 0.0274. The van der Waals surface area contributed by atoms with Crippen molar-refractivity contribution in [2.75, 3.05) is 11.5 Å². The second-order valence-electron chi connectivity index (χ2n) is 7.01. The fourth-order valence-electron chi connectivity index (χ4n) is 2.75. The van der Waals surface area contributed by atoms with Crippen molar-refractivity contribution in [3.8, 4) is 16.2 Å². The van der Waals surface area contributed by atoms with E-state index >= 15 is 0 Å². The second kappa shape index (κ2) is 9.94. The average Bonchev–Trinajstić information content (AvgIpc) is 2.96. The normalized spacial score (nSPS) is 10.9. The van der Waals surface area contributed by atoms with Gasteiger partial charge in [-0.1, -0.05) is 12.1 Å². The topological polar surface area (TPSA) is 116 Å². The number of amides is 2. The molecule has 0 aliphatic carbocycles. The number of hydrogen-bond acceptors (Lipinski definition) is 5. The van der Waals surface area contributed by atoms with Crippen LogP contribution >= 0.6 is 27.3 Å². The molecular weight excluding hydrogens is 476 g/mol. The molecule has 0 aliphatic heterocycles. The third-order valence-corrected chi connectivity index (χ3v) is 6.10. The van der Waals surface area contributed by atoms with E-state index in [0.29, 0.717) is 20.6 Å². The molecule has 8 nitrogen and oxygen atoms in total. The van der Waals surface area contributed by atoms with Crippen LogP contribution in [0.25, 0.3) is 10.4 Å². The van der Waals surface area contributed by atoms with E-state index in [-0.39, 0.29) is 28.7 Å². The van der Waals surface area contributed by atoms with Crippen LogP contribution in [0.3, 0.4) is 0 Å². The van der Waals surface area contributed by atoms with Crippen molar-refractivity contribution in [2.45, 2.75) is 39.8 Å². The van der Waals surface area contributed by atoms with Crippen LogP contribution in [0.1, 0.15) is 37.4 Å². The molecule has 162 valence electrons. The highest BCUT2D eigenvalue weighted by atomic mass is 79.9. The van der Waals surface area contributed by atoms with E-state index in [1.165, 1.54) is 0 Å². The highest BCUT2D eigenvalue weighted by molar-refractivity contribution is 9.10. The van der Waals surface area contributed by atoms with Crippen molar-refractivity contribution in [3.63, 3.8) is 0 Å². The van der Waals surface area contributed by atoms with Crippen molar-refractivity contribution in [2.24, 2.45) is 0 Å². The summed E-state index contributed by atoms with van der Waals surface area (Å²) in [6.45, 7) is 6.89. The number of carboxylic acid groups (broad SMARTS) is 2. The molecule has 2 amide bonds. The summed E-state index contributed by atoms with van der Waals surface area (Å²) >= 11 is 4.31. The summed E-state index contributed by atoms with van der Waals surface area (Å²) in [5.74, 6) is -2.46. The standard InChI is InChI=1S/C20H23BrN2O6S/c1-10(2)22-20(28)23(11(3)4)13-7-5-6-12(8-13)17-15(21)16(29-9-14(24)25)18(30-17)19(26)27/h5-8,10-11H,9H2,1-4H3,(H,22,28)(H,24,25)(H,26,27). The molecule has 1 aromatic carbocycles. The summed E-state index contributed by atoms with van der Waals surface area (Å²) in [6, 6.07) is 6.75. The van der Waals surface area contributed by atoms with Crippen molar-refractivity contribution in [1.82, 2.24) is 5.32 Å². The number of carbonyl (C=O) groups is 3. The molecule has 3 N–H and O–H groups in total. The summed E-state index contributed by atoms with van der Waals surface area (Å²) < 4.78 is 5.55. The van der Waals surface area contributed by atoms with Crippen LogP contribution in [0.2, 0.25) is 0 Å². The molecule has 0 saturated heterocycles. The highest BCUT2D eigenvalue weighted by Gasteiger charge is 2.25. The van der Waals surface area contributed by atoms with E-state index in [2.05, 4.69) is 21.2 Å². The Labute approximate surface area is 186 Å². The molecule has 0 aliphatic rings. The molecule has 30 heavy (non-hydrogen) atoms. The van der Waals surface area contributed by atoms with Crippen molar-refractivity contribution >= 4 is 50.9 Å². The van der Waals surface area contributed by atoms with Gasteiger partial charge in [-0.05, 0) is 61.3 Å². The van der Waals surface area contributed by atoms with Gasteiger partial charge < -0.3 is 20.3 Å². The van der Waals surface area contributed by atoms with Gasteiger partial charge in [0.1, 0.15) is 0 Å². The first-order valence-corrected chi connectivity index (χ1v) is 10.7. The summed E-state index contributed by atoms with van der Waals surface area (Å²) in [6.07, 6.45) is 0. The highest BCUT2D eigenvalue weighted by Crippen LogP contribution is 2.46. The third kappa shape index (κ3) is 5.51. The molecule has 0 unspecified atom stereocenters. The number of aliphatic carboxylic acids is 1. The summed E-state index contributed by atoms with van der Waals surface area (Å²) in [5, 5.41) is 21.2. The number of halogens is 1. The van der Waals surface area contributed by atoms with Gasteiger partial charge in [0, 0.05) is 17.8 Å². The Morgan fingerprint density at radius 3 is 2.40 bits per heavy atom. The van der Waals surface area contributed by atoms with Crippen LogP contribution in [-0.2, 0) is 4.79 Å². The third-order valence-electron chi connectivity index (χ3n) is 3.88. The van der Waals surface area contributed by atoms with Crippen LogP contribution in [-0.4, -0.2) is 46.9 Å². The Bertz CT molecular complexity index is 957. The van der Waals surface area contributed by atoms with E-state index in [1.807, 2.05) is 27.7 Å². The largest absolute Gasteiger partial charge is 0.479 e. The molecule has 2 rings (SSSR count). The number of rotatable bonds is 8. The molecule has 0 saturated carbocycles. The fraction of sp³-hybridized carbons (Fsp3) is 0.350. The minimum atomic E-state index is -1.22. The van der Waals surface area contributed by atoms with Crippen molar-refractivity contribution < 1.29 is 29.3 Å². The maximum Gasteiger partial charge on any atom is 0.349 e. The number of urea groups is 1. The molecule has 10 heteroatoms. The molecule has 1 aromatic heterocycles. The summed E-state index contributed by atoms with van der Waals surface area (Å²) in [7, 11) is 0. The zero-order valence-corrected chi connectivity index (χ0v) is 19.3. The predicted molar refractivity (Wildman–Crippen MR) is 119 cm³/mol. The Morgan fingerprint density at radius 1 is 1.20 bits per heavy atom. The van der Waals surface area contributed by atoms with E-state index in [0.717, 1.165) is 11.3 Å². The minimum Gasteiger partial charge on any atom is -0.479 e. The van der Waals surface area contributed by atoms with Crippen LogP contribution < -0.4 is 15.0 Å². The van der Waals surface area contributed by atoms with Gasteiger partial charge in [-0.15, -0.1) is 11.3 Å². The van der Waals surface area contributed by atoms with Gasteiger partial charge >= 0.3 is 18.0 Å². The first-order chi connectivity index (χ1) is 14.0. The Balaban J connectivity index is 2.50. The lowest BCUT2D eigenvalue weighted by molar-refractivity contribution is -0.139. The first kappa shape index (κ1) is 23.7. The first-order valence-electron chi connectivity index (χ1n) is 9.13. The van der Waals surface area contributed by atoms with Gasteiger partial charge in [0.05, 0.1) is 9.35 Å². The number of carbonyl (C=O) groups excluding carboxylic acids is 1. The number of nitrogens with zero attached hydrogens (tertiary/aromatic N) is 1. The lowest BCUT2D eigenvalue weighted by atomic mass is 10.1. The Kier molecular flexibility index (Phi) is 7.85. The number of anilines is 1. The molecule has 1 heterocycles. The van der Waals surface area contributed by atoms with Crippen LogP contribution in [0, 0.1) is 0 Å². The van der Waals surface area contributed by atoms with E-state index in [1.54, 1.807) is 29.2 Å². The zero-order valence-electron chi connectivity index (χ0n) is 16.9. The quantitative estimate of drug-likeness (QED) is 0.486. The zero-order chi connectivity index (χ0) is 22.6. The van der Waals surface area contributed by atoms with E-state index in [9.17, 15) is 19.5 Å². The summed E-state index contributed by atoms with van der Waals surface area (Å²) in [4.78, 5) is 37.2. The molecule has 0 radical (unpaired) electrons. The van der Waals surface area contributed by atoms with Crippen LogP contribution in [0.15, 0.2) is 28.7 Å². The monoisotopic (exact) mass is 498 g/mol. The predicted octanol–water partition coefficient (Wildman–Crippen LogP) is 4.67. The average molecular weight is 499 g/mol. The van der Waals surface area contributed by atoms with Crippen LogP contribution in [0.5, 0.6) is 5.75 Å². The number of aromatic carboxylic acids is 1. The van der Waals surface area contributed by atoms with Gasteiger partial charge in [-0.3, -0.25) is 4.90 Å². The number of carboxylic acids is 2. The van der Waals surface area contributed by atoms with Gasteiger partial charge in [-0.2, -0.15) is 0 Å². The Hall–Kier alpha value is -2.59. The maximum absolute atomic E-state index is 12.7. The molecule has 2 aromatic rings. The van der Waals surface area contributed by atoms with Crippen molar-refractivity contribution in [1.29, 1.82) is 0 Å². The van der Waals surface area contributed by atoms with Gasteiger partial charge in [0.25, 0.3) is 0 Å². The number of thiophene rings is 1. The lowest BCUT2D eigenvalue weighted by Crippen LogP contribution is -2.46. The molecule has 0 fully saturated rings. The van der Waals surface area contributed by atoms with Gasteiger partial charge in [-0.25, -0.2) is 14.4 Å². The molecule has 0 spiro atoms. The summed E-state index contributed by atoms with van der Waals surface area (Å²) in [5.41, 5.74) is 1.31. The van der Waals surface area contributed by atoms with Crippen molar-refractivity contribution in [3.05, 3.63) is 33.6 Å². The van der Waals surface area contributed by atoms with E-state index in [4.69, 9.17) is 9.84 Å². The molecule has 0 bridgehead atoms. The Morgan fingerprint density at radius 2 is 1.87 bits per heavy atom. The molecule has 0 atom stereocenters. The van der Waals surface area contributed by atoms with Gasteiger partial charge in [0.2, 0.25) is 0 Å². The number of benzene rings is 1. The smallest absolute Gasteiger partial charge is 0.349 e. The van der Waals surface area contributed by atoms with E-state index < -0.39 is 18.5 Å². The van der Waals surface area contributed by atoms with Crippen LogP contribution in [0.4, 0.5) is 10.5 Å². The number of ether oxygens (including phenoxy) is 1. The van der Waals surface area contributed by atoms with Gasteiger partial charge in [0.15, 0.2) is 17.2 Å². The fourth-order valence-corrected chi connectivity index (χ4v) is 4.64. The molecular formula is C20H23BrN2O6S.